The molecule has 0 fully saturated rings. The standard InChI is InChI=1S/C26H40N4O5/c1-17(2)15-23(22(25(33)29-35)14-10-13-21-11-8-7-9-12-21)24(32)28-30(16-18(3)4)26(34)19(5)27-20(6)31/h7-13,17-19,22-23,35H,14-16H2,1-6H3,(H,27,31)(H,28,32)(H,29,33)/t19-,22+,23-/m1/s1. The van der Waals surface area contributed by atoms with E-state index in [0.29, 0.717) is 6.42 Å². The normalized spacial score (nSPS) is 13.9. The zero-order valence-electron chi connectivity index (χ0n) is 21.6. The van der Waals surface area contributed by atoms with E-state index in [4.69, 9.17) is 0 Å². The Morgan fingerprint density at radius 2 is 1.57 bits per heavy atom. The number of hydrazine groups is 1. The molecule has 9 nitrogen and oxygen atoms in total. The highest BCUT2D eigenvalue weighted by Gasteiger charge is 2.35. The fourth-order valence-electron chi connectivity index (χ4n) is 3.79. The molecule has 4 N–H and O–H groups in total. The summed E-state index contributed by atoms with van der Waals surface area (Å²) in [6.45, 7) is 10.8. The molecule has 0 unspecified atom stereocenters. The van der Waals surface area contributed by atoms with Crippen LogP contribution < -0.4 is 16.2 Å². The van der Waals surface area contributed by atoms with E-state index >= 15 is 0 Å². The number of amides is 4. The summed E-state index contributed by atoms with van der Waals surface area (Å²) in [7, 11) is 0. The molecule has 0 aliphatic rings. The summed E-state index contributed by atoms with van der Waals surface area (Å²) in [5, 5.41) is 13.1. The average Bonchev–Trinajstić information content (AvgIpc) is 2.79. The molecule has 1 aromatic rings. The van der Waals surface area contributed by atoms with Crippen molar-refractivity contribution in [3.63, 3.8) is 0 Å². The van der Waals surface area contributed by atoms with E-state index in [1.807, 2.05) is 64.1 Å². The predicted molar refractivity (Wildman–Crippen MR) is 134 cm³/mol. The molecular formula is C26H40N4O5. The van der Waals surface area contributed by atoms with Crippen LogP contribution in [0.15, 0.2) is 36.4 Å². The van der Waals surface area contributed by atoms with Gasteiger partial charge >= 0.3 is 0 Å². The third-order valence-corrected chi connectivity index (χ3v) is 5.34. The molecule has 0 aliphatic carbocycles. The topological polar surface area (TPSA) is 128 Å². The van der Waals surface area contributed by atoms with E-state index in [-0.39, 0.29) is 30.7 Å². The summed E-state index contributed by atoms with van der Waals surface area (Å²) in [5.74, 6) is -3.53. The van der Waals surface area contributed by atoms with Crippen LogP contribution >= 0.6 is 0 Å². The lowest BCUT2D eigenvalue weighted by atomic mass is 9.82. The molecule has 3 atom stereocenters. The lowest BCUT2D eigenvalue weighted by Crippen LogP contribution is -2.56. The molecule has 0 saturated heterocycles. The molecule has 0 spiro atoms. The highest BCUT2D eigenvalue weighted by atomic mass is 16.5. The summed E-state index contributed by atoms with van der Waals surface area (Å²) < 4.78 is 0. The smallest absolute Gasteiger partial charge is 0.263 e. The lowest BCUT2D eigenvalue weighted by Gasteiger charge is -2.32. The maximum Gasteiger partial charge on any atom is 0.263 e. The van der Waals surface area contributed by atoms with Crippen LogP contribution in [0.5, 0.6) is 0 Å². The zero-order valence-corrected chi connectivity index (χ0v) is 21.6. The van der Waals surface area contributed by atoms with Gasteiger partial charge in [0.1, 0.15) is 6.04 Å². The molecule has 35 heavy (non-hydrogen) atoms. The number of carbonyl (C=O) groups is 4. The molecule has 1 aromatic carbocycles. The number of carbonyl (C=O) groups excluding carboxylic acids is 4. The maximum atomic E-state index is 13.4. The van der Waals surface area contributed by atoms with Gasteiger partial charge in [0.25, 0.3) is 5.91 Å². The Morgan fingerprint density at radius 1 is 0.943 bits per heavy atom. The molecule has 4 amide bonds. The zero-order chi connectivity index (χ0) is 26.5. The Labute approximate surface area is 208 Å². The summed E-state index contributed by atoms with van der Waals surface area (Å²) in [6.07, 6.45) is 4.23. The first kappa shape index (κ1) is 29.8. The predicted octanol–water partition coefficient (Wildman–Crippen LogP) is 2.91. The van der Waals surface area contributed by atoms with Crippen LogP contribution in [0, 0.1) is 23.7 Å². The van der Waals surface area contributed by atoms with E-state index < -0.39 is 35.6 Å². The minimum atomic E-state index is -0.855. The molecule has 0 radical (unpaired) electrons. The second-order valence-electron chi connectivity index (χ2n) is 9.61. The molecule has 0 heterocycles. The number of hydrogen-bond donors (Lipinski definition) is 4. The van der Waals surface area contributed by atoms with Crippen LogP contribution in [-0.2, 0) is 19.2 Å². The first-order valence-electron chi connectivity index (χ1n) is 12.0. The quantitative estimate of drug-likeness (QED) is 0.266. The van der Waals surface area contributed by atoms with Crippen molar-refractivity contribution in [2.24, 2.45) is 23.7 Å². The van der Waals surface area contributed by atoms with Gasteiger partial charge in [-0.05, 0) is 37.2 Å². The van der Waals surface area contributed by atoms with Gasteiger partial charge in [0.2, 0.25) is 17.7 Å². The van der Waals surface area contributed by atoms with Crippen molar-refractivity contribution in [3.05, 3.63) is 42.0 Å². The van der Waals surface area contributed by atoms with Crippen molar-refractivity contribution in [3.8, 4) is 0 Å². The Kier molecular flexibility index (Phi) is 12.7. The van der Waals surface area contributed by atoms with Gasteiger partial charge in [0.15, 0.2) is 0 Å². The van der Waals surface area contributed by atoms with Gasteiger partial charge in [-0.25, -0.2) is 5.48 Å². The molecule has 0 saturated carbocycles. The minimum absolute atomic E-state index is 0.0395. The molecule has 194 valence electrons. The van der Waals surface area contributed by atoms with Crippen LogP contribution in [-0.4, -0.2) is 46.4 Å². The summed E-state index contributed by atoms with van der Waals surface area (Å²) >= 11 is 0. The largest absolute Gasteiger partial charge is 0.345 e. The van der Waals surface area contributed by atoms with Gasteiger partial charge in [-0.2, -0.15) is 0 Å². The Balaban J connectivity index is 3.18. The fourth-order valence-corrected chi connectivity index (χ4v) is 3.79. The Morgan fingerprint density at radius 3 is 2.09 bits per heavy atom. The number of rotatable bonds is 12. The second-order valence-corrected chi connectivity index (χ2v) is 9.61. The van der Waals surface area contributed by atoms with Crippen molar-refractivity contribution in [1.82, 2.24) is 21.2 Å². The highest BCUT2D eigenvalue weighted by molar-refractivity contribution is 5.91. The first-order valence-corrected chi connectivity index (χ1v) is 12.0. The van der Waals surface area contributed by atoms with Crippen molar-refractivity contribution < 1.29 is 24.4 Å². The molecule has 1 rings (SSSR count). The summed E-state index contributed by atoms with van der Waals surface area (Å²) in [6, 6.07) is 8.70. The lowest BCUT2D eigenvalue weighted by molar-refractivity contribution is -0.149. The van der Waals surface area contributed by atoms with Gasteiger partial charge in [0, 0.05) is 13.5 Å². The van der Waals surface area contributed by atoms with Gasteiger partial charge in [-0.15, -0.1) is 0 Å². The van der Waals surface area contributed by atoms with Crippen LogP contribution in [0.1, 0.15) is 59.9 Å². The van der Waals surface area contributed by atoms with E-state index in [0.717, 1.165) is 5.56 Å². The van der Waals surface area contributed by atoms with Crippen molar-refractivity contribution in [1.29, 1.82) is 0 Å². The minimum Gasteiger partial charge on any atom is -0.345 e. The van der Waals surface area contributed by atoms with Gasteiger partial charge in [-0.3, -0.25) is 34.8 Å². The third kappa shape index (κ3) is 10.7. The number of nitrogens with zero attached hydrogens (tertiary/aromatic N) is 1. The van der Waals surface area contributed by atoms with Crippen LogP contribution in [0.3, 0.4) is 0 Å². The SMILES string of the molecule is CC(=O)N[C@H](C)C(=O)N(CC(C)C)NC(=O)[C@H](CC(C)C)[C@H](CC=Cc1ccccc1)C(=O)NO. The number of hydroxylamine groups is 1. The van der Waals surface area contributed by atoms with Gasteiger partial charge in [0.05, 0.1) is 11.8 Å². The number of hydrogen-bond acceptors (Lipinski definition) is 5. The van der Waals surface area contributed by atoms with Crippen LogP contribution in [0.25, 0.3) is 6.08 Å². The third-order valence-electron chi connectivity index (χ3n) is 5.34. The van der Waals surface area contributed by atoms with Crippen molar-refractivity contribution in [2.75, 3.05) is 6.54 Å². The molecule has 9 heteroatoms. The maximum absolute atomic E-state index is 13.4. The monoisotopic (exact) mass is 488 g/mol. The van der Waals surface area contributed by atoms with E-state index in [1.165, 1.54) is 11.9 Å². The Hall–Kier alpha value is -3.20. The average molecular weight is 489 g/mol. The fraction of sp³-hybridized carbons (Fsp3) is 0.538. The van der Waals surface area contributed by atoms with Gasteiger partial charge in [-0.1, -0.05) is 70.2 Å². The first-order chi connectivity index (χ1) is 16.5. The van der Waals surface area contributed by atoms with E-state index in [1.54, 1.807) is 18.5 Å². The van der Waals surface area contributed by atoms with Crippen molar-refractivity contribution >= 4 is 29.7 Å². The molecule has 0 aromatic heterocycles. The van der Waals surface area contributed by atoms with Crippen LogP contribution in [0.2, 0.25) is 0 Å². The van der Waals surface area contributed by atoms with E-state index in [2.05, 4.69) is 10.7 Å². The molecule has 0 bridgehead atoms. The molecule has 0 aliphatic heterocycles. The molecular weight excluding hydrogens is 448 g/mol. The van der Waals surface area contributed by atoms with Crippen molar-refractivity contribution in [2.45, 2.75) is 60.4 Å². The highest BCUT2D eigenvalue weighted by Crippen LogP contribution is 2.25. The number of allylic oxidation sites excluding steroid dienone is 1. The summed E-state index contributed by atoms with van der Waals surface area (Å²) in [4.78, 5) is 50.4. The van der Waals surface area contributed by atoms with E-state index in [9.17, 15) is 24.4 Å². The number of nitrogens with one attached hydrogen (secondary N) is 3. The Bertz CT molecular complexity index is 870. The number of benzene rings is 1. The second kappa shape index (κ2) is 14.9. The van der Waals surface area contributed by atoms with Crippen LogP contribution in [0.4, 0.5) is 0 Å². The summed E-state index contributed by atoms with van der Waals surface area (Å²) in [5.41, 5.74) is 5.32. The van der Waals surface area contributed by atoms with Gasteiger partial charge < -0.3 is 5.32 Å².